The molecule has 57 heavy (non-hydrogen) atoms. The molecule has 0 saturated heterocycles. The highest BCUT2D eigenvalue weighted by molar-refractivity contribution is 6.27. The van der Waals surface area contributed by atoms with Crippen LogP contribution >= 0.6 is 0 Å². The number of pyridine rings is 2. The van der Waals surface area contributed by atoms with E-state index in [1.807, 2.05) is 0 Å². The van der Waals surface area contributed by atoms with E-state index in [9.17, 15) is 0 Å². The summed E-state index contributed by atoms with van der Waals surface area (Å²) in [6.45, 7) is 0. The maximum atomic E-state index is 5.55. The molecule has 0 fully saturated rings. The summed E-state index contributed by atoms with van der Waals surface area (Å²) in [5.74, 6) is 0.553. The van der Waals surface area contributed by atoms with Crippen molar-refractivity contribution in [1.82, 2.24) is 14.4 Å². The summed E-state index contributed by atoms with van der Waals surface area (Å²) >= 11 is 0. The van der Waals surface area contributed by atoms with Crippen molar-refractivity contribution in [3.63, 3.8) is 0 Å². The van der Waals surface area contributed by atoms with Gasteiger partial charge in [0.15, 0.2) is 0 Å². The predicted octanol–water partition coefficient (Wildman–Crippen LogP) is 11.5. The molecule has 0 unspecified atom stereocenters. The number of rotatable bonds is 0. The third-order valence-electron chi connectivity index (χ3n) is 14.9. The first-order chi connectivity index (χ1) is 28.3. The Labute approximate surface area is 329 Å². The van der Waals surface area contributed by atoms with Crippen molar-refractivity contribution in [3.05, 3.63) is 229 Å². The lowest BCUT2D eigenvalue weighted by Crippen LogP contribution is -2.28. The van der Waals surface area contributed by atoms with Crippen molar-refractivity contribution in [2.45, 2.75) is 49.4 Å². The van der Waals surface area contributed by atoms with E-state index in [0.717, 1.165) is 25.7 Å². The lowest BCUT2D eigenvalue weighted by atomic mass is 9.62. The van der Waals surface area contributed by atoms with Gasteiger partial charge in [-0.2, -0.15) is 0 Å². The van der Waals surface area contributed by atoms with Crippen molar-refractivity contribution in [1.29, 1.82) is 0 Å². The van der Waals surface area contributed by atoms with Gasteiger partial charge in [0, 0.05) is 33.4 Å². The van der Waals surface area contributed by atoms with E-state index in [-0.39, 0.29) is 23.7 Å². The summed E-state index contributed by atoms with van der Waals surface area (Å²) in [5.41, 5.74) is 26.4. The van der Waals surface area contributed by atoms with Crippen LogP contribution in [0.1, 0.15) is 113 Å². The lowest BCUT2D eigenvalue weighted by Gasteiger charge is -2.42. The van der Waals surface area contributed by atoms with Gasteiger partial charge in [-0.3, -0.25) is 9.97 Å². The van der Waals surface area contributed by atoms with Crippen molar-refractivity contribution in [2.75, 3.05) is 0 Å². The molecular weight excluding hydrogens is 691 g/mol. The van der Waals surface area contributed by atoms with E-state index in [1.165, 1.54) is 127 Å². The average molecular weight is 726 g/mol. The highest BCUT2D eigenvalue weighted by Crippen LogP contribution is 2.61. The summed E-state index contributed by atoms with van der Waals surface area (Å²) in [4.78, 5) is 11.1. The summed E-state index contributed by atoms with van der Waals surface area (Å²) < 4.78 is 2.62. The largest absolute Gasteiger partial charge is 0.305 e. The third kappa shape index (κ3) is 3.45. The number of hydrogen-bond donors (Lipinski definition) is 0. The predicted molar refractivity (Wildman–Crippen MR) is 227 cm³/mol. The number of fused-ring (bicyclic) bond motifs is 12. The topological polar surface area (TPSA) is 30.2 Å². The first-order valence-electron chi connectivity index (χ1n) is 20.8. The van der Waals surface area contributed by atoms with E-state index in [1.54, 1.807) is 0 Å². The minimum absolute atomic E-state index is 0.135. The van der Waals surface area contributed by atoms with Crippen LogP contribution in [0.5, 0.6) is 0 Å². The maximum absolute atomic E-state index is 5.55. The fraction of sp³-hybridized carbons (Fsp3) is 0.148. The molecule has 0 saturated carbocycles. The Morgan fingerprint density at radius 2 is 0.772 bits per heavy atom. The van der Waals surface area contributed by atoms with Gasteiger partial charge in [0.25, 0.3) is 0 Å². The molecule has 7 aliphatic carbocycles. The second-order valence-corrected chi connectivity index (χ2v) is 17.3. The molecule has 6 aromatic carbocycles. The second kappa shape index (κ2) is 10.2. The molecule has 10 aromatic rings. The highest BCUT2D eigenvalue weighted by atomic mass is 15.0. The first kappa shape index (κ1) is 29.7. The van der Waals surface area contributed by atoms with Crippen LogP contribution in [-0.4, -0.2) is 14.4 Å². The fourth-order valence-corrected chi connectivity index (χ4v) is 12.8. The smallest absolute Gasteiger partial charge is 0.0729 e. The van der Waals surface area contributed by atoms with Crippen molar-refractivity contribution in [2.24, 2.45) is 0 Å². The van der Waals surface area contributed by atoms with E-state index in [4.69, 9.17) is 9.97 Å². The third-order valence-corrected chi connectivity index (χ3v) is 14.9. The second-order valence-electron chi connectivity index (χ2n) is 17.3. The Bertz CT molecular complexity index is 3140. The molecule has 7 aliphatic rings. The Morgan fingerprint density at radius 1 is 0.386 bits per heavy atom. The van der Waals surface area contributed by atoms with Crippen molar-refractivity contribution in [3.8, 4) is 0 Å². The van der Waals surface area contributed by atoms with Crippen molar-refractivity contribution >= 4 is 38.1 Å². The number of aromatic nitrogens is 3. The molecule has 0 N–H and O–H groups in total. The van der Waals surface area contributed by atoms with Gasteiger partial charge in [0.05, 0.1) is 52.2 Å². The lowest BCUT2D eigenvalue weighted by molar-refractivity contribution is 0.734. The molecule has 17 rings (SSSR count). The summed E-state index contributed by atoms with van der Waals surface area (Å²) in [6, 6.07) is 48.8. The Hall–Kier alpha value is -6.58. The van der Waals surface area contributed by atoms with E-state index in [0.29, 0.717) is 0 Å². The van der Waals surface area contributed by atoms with Gasteiger partial charge in [-0.25, -0.2) is 0 Å². The zero-order valence-electron chi connectivity index (χ0n) is 31.3. The fourth-order valence-electron chi connectivity index (χ4n) is 12.8. The van der Waals surface area contributed by atoms with Gasteiger partial charge in [-0.05, 0) is 104 Å². The summed E-state index contributed by atoms with van der Waals surface area (Å²) in [6.07, 6.45) is 8.53. The first-order valence-corrected chi connectivity index (χ1v) is 20.8. The molecule has 0 aliphatic heterocycles. The quantitative estimate of drug-likeness (QED) is 0.156. The average Bonchev–Trinajstić information content (AvgIpc) is 3.80. The monoisotopic (exact) mass is 725 g/mol. The van der Waals surface area contributed by atoms with Crippen LogP contribution in [0.2, 0.25) is 0 Å². The molecule has 0 atom stereocenters. The van der Waals surface area contributed by atoms with Gasteiger partial charge in [-0.15, -0.1) is 0 Å². The number of aryl methyl sites for hydroxylation is 4. The maximum Gasteiger partial charge on any atom is 0.0729 e. The zero-order chi connectivity index (χ0) is 36.7. The van der Waals surface area contributed by atoms with Gasteiger partial charge < -0.3 is 4.40 Å². The summed E-state index contributed by atoms with van der Waals surface area (Å²) in [7, 11) is 0. The van der Waals surface area contributed by atoms with E-state index >= 15 is 0 Å². The molecule has 3 nitrogen and oxygen atoms in total. The molecule has 0 spiro atoms. The van der Waals surface area contributed by atoms with E-state index < -0.39 is 0 Å². The minimum atomic E-state index is 0.135. The zero-order valence-corrected chi connectivity index (χ0v) is 31.3. The van der Waals surface area contributed by atoms with Crippen LogP contribution in [0.3, 0.4) is 0 Å². The molecule has 8 bridgehead atoms. The van der Waals surface area contributed by atoms with E-state index in [2.05, 4.69) is 144 Å². The van der Waals surface area contributed by atoms with Crippen LogP contribution in [0, 0.1) is 0 Å². The van der Waals surface area contributed by atoms with Gasteiger partial charge in [0.2, 0.25) is 0 Å². The Kier molecular flexibility index (Phi) is 5.33. The van der Waals surface area contributed by atoms with Crippen LogP contribution in [-0.2, 0) is 25.7 Å². The number of benzene rings is 6. The normalized spacial score (nSPS) is 20.4. The molecule has 3 heteroatoms. The Morgan fingerprint density at radius 3 is 1.18 bits per heavy atom. The summed E-state index contributed by atoms with van der Waals surface area (Å²) in [5, 5.41) is 5.69. The van der Waals surface area contributed by atoms with Crippen LogP contribution < -0.4 is 0 Å². The number of hydrogen-bond acceptors (Lipinski definition) is 2. The van der Waals surface area contributed by atoms with Crippen molar-refractivity contribution < 1.29 is 0 Å². The van der Waals surface area contributed by atoms with Gasteiger partial charge in [0.1, 0.15) is 0 Å². The standard InChI is InChI=1S/C54H35N3/c1-5-16-36-32(12-1)44-33-13-2-6-17-37(33)46(36)52-50(44)48-40(26-55-52)57-41-27-56-53-47-38-18-7-3-14-34(38)45(35-15-4-8-19-39(35)47)51(53)49(41)43-31-23-21-29-11-9-10-28(24-29)20-22-30(25-31)42(48)54(43)57/h1-19,24-27,44-47H,20-23H2. The minimum Gasteiger partial charge on any atom is -0.305 e. The molecule has 0 radical (unpaired) electrons. The molecule has 4 aromatic heterocycles. The van der Waals surface area contributed by atoms with Gasteiger partial charge >= 0.3 is 0 Å². The van der Waals surface area contributed by atoms with Gasteiger partial charge in [-0.1, -0.05) is 127 Å². The Balaban J connectivity index is 1.12. The highest BCUT2D eigenvalue weighted by Gasteiger charge is 2.46. The van der Waals surface area contributed by atoms with Crippen LogP contribution in [0.4, 0.5) is 0 Å². The van der Waals surface area contributed by atoms with Crippen LogP contribution in [0.25, 0.3) is 38.1 Å². The van der Waals surface area contributed by atoms with Crippen LogP contribution in [0.15, 0.2) is 140 Å². The SMILES string of the molecule is c1cc2cc(c1)CCc1cc(c3c4c5c(ncc4n4c6cnc7c(c6c1c34)C1c3ccccc3C7c3ccccc31)C1c3ccccc3C5c3ccccc31)CC2. The molecule has 4 heterocycles. The number of nitrogens with zero attached hydrogens (tertiary/aromatic N) is 3. The molecular formula is C54H35N3. The molecule has 0 amide bonds. The molecule has 266 valence electrons.